The average molecular weight is 727 g/mol. The zero-order chi connectivity index (χ0) is 37.2. The van der Waals surface area contributed by atoms with Gasteiger partial charge in [0.1, 0.15) is 11.2 Å². The Morgan fingerprint density at radius 1 is 0.386 bits per heavy atom. The molecule has 0 aliphatic carbocycles. The number of para-hydroxylation sites is 2. The maximum absolute atomic E-state index is 7.10. The van der Waals surface area contributed by atoms with Gasteiger partial charge < -0.3 is 8.98 Å². The van der Waals surface area contributed by atoms with Gasteiger partial charge in [-0.2, -0.15) is 0 Å². The fourth-order valence-corrected chi connectivity index (χ4v) is 9.35. The van der Waals surface area contributed by atoms with Crippen LogP contribution in [0.3, 0.4) is 0 Å². The molecule has 0 unspecified atom stereocenters. The number of hydrogen-bond acceptors (Lipinski definition) is 3. The highest BCUT2D eigenvalue weighted by Crippen LogP contribution is 2.44. The molecule has 4 heterocycles. The summed E-state index contributed by atoms with van der Waals surface area (Å²) in [6.07, 6.45) is 0. The molecule has 57 heavy (non-hydrogen) atoms. The smallest absolute Gasteiger partial charge is 0.235 e. The van der Waals surface area contributed by atoms with E-state index in [0.717, 1.165) is 77.0 Å². The number of aromatic nitrogens is 4. The molecule has 13 aromatic rings. The first-order chi connectivity index (χ1) is 28.3. The molecule has 4 aromatic heterocycles. The Morgan fingerprint density at radius 2 is 1.07 bits per heavy atom. The van der Waals surface area contributed by atoms with E-state index in [0.29, 0.717) is 5.95 Å². The maximum atomic E-state index is 7.10. The number of fused-ring (bicyclic) bond motifs is 14. The SMILES string of the molecule is c1ccc(-c2nc(-n3c4ccc5ccccc5c4c4c5oc6cc(-n7c8ccccc8c8cc9ccccc9cc87)ccc6c5ccc43)nc3ccccc23)cc1. The number of rotatable bonds is 3. The Morgan fingerprint density at radius 3 is 1.95 bits per heavy atom. The molecule has 0 saturated carbocycles. The van der Waals surface area contributed by atoms with Crippen LogP contribution in [0.2, 0.25) is 0 Å². The predicted octanol–water partition coefficient (Wildman–Crippen LogP) is 13.7. The van der Waals surface area contributed by atoms with Gasteiger partial charge >= 0.3 is 0 Å². The molecule has 0 aliphatic rings. The predicted molar refractivity (Wildman–Crippen MR) is 236 cm³/mol. The molecular weight excluding hydrogens is 697 g/mol. The van der Waals surface area contributed by atoms with Gasteiger partial charge in [0, 0.05) is 49.6 Å². The van der Waals surface area contributed by atoms with Gasteiger partial charge in [0.2, 0.25) is 5.95 Å². The summed E-state index contributed by atoms with van der Waals surface area (Å²) in [7, 11) is 0. The summed E-state index contributed by atoms with van der Waals surface area (Å²) in [5.74, 6) is 0.625. The lowest BCUT2D eigenvalue weighted by Crippen LogP contribution is -2.03. The van der Waals surface area contributed by atoms with Crippen LogP contribution >= 0.6 is 0 Å². The minimum Gasteiger partial charge on any atom is -0.455 e. The Labute approximate surface area is 325 Å². The van der Waals surface area contributed by atoms with E-state index in [1.54, 1.807) is 0 Å². The van der Waals surface area contributed by atoms with E-state index >= 15 is 0 Å². The molecule has 0 aliphatic heterocycles. The van der Waals surface area contributed by atoms with Crippen LogP contribution in [-0.2, 0) is 0 Å². The molecule has 264 valence electrons. The van der Waals surface area contributed by atoms with E-state index in [1.165, 1.54) is 38.0 Å². The van der Waals surface area contributed by atoms with E-state index in [-0.39, 0.29) is 0 Å². The fraction of sp³-hybridized carbons (Fsp3) is 0. The third kappa shape index (κ3) is 4.28. The van der Waals surface area contributed by atoms with E-state index in [2.05, 4.69) is 179 Å². The molecule has 0 atom stereocenters. The van der Waals surface area contributed by atoms with Gasteiger partial charge in [-0.1, -0.05) is 121 Å². The Bertz CT molecular complexity index is 3810. The largest absolute Gasteiger partial charge is 0.455 e. The molecule has 13 rings (SSSR count). The van der Waals surface area contributed by atoms with Crippen molar-refractivity contribution in [2.75, 3.05) is 0 Å². The summed E-state index contributed by atoms with van der Waals surface area (Å²) >= 11 is 0. The minimum absolute atomic E-state index is 0.625. The highest BCUT2D eigenvalue weighted by molar-refractivity contribution is 6.29. The van der Waals surface area contributed by atoms with Crippen molar-refractivity contribution in [1.82, 2.24) is 19.1 Å². The highest BCUT2D eigenvalue weighted by Gasteiger charge is 2.23. The third-order valence-corrected chi connectivity index (χ3v) is 11.9. The zero-order valence-corrected chi connectivity index (χ0v) is 30.5. The van der Waals surface area contributed by atoms with Crippen LogP contribution < -0.4 is 0 Å². The van der Waals surface area contributed by atoms with Gasteiger partial charge in [0.25, 0.3) is 0 Å². The molecule has 5 nitrogen and oxygen atoms in total. The molecule has 0 radical (unpaired) electrons. The lowest BCUT2D eigenvalue weighted by Gasteiger charge is -2.11. The van der Waals surface area contributed by atoms with E-state index in [1.807, 2.05) is 12.1 Å². The summed E-state index contributed by atoms with van der Waals surface area (Å²) in [4.78, 5) is 10.6. The van der Waals surface area contributed by atoms with Crippen LogP contribution in [0.15, 0.2) is 186 Å². The van der Waals surface area contributed by atoms with Gasteiger partial charge in [0.05, 0.1) is 38.7 Å². The van der Waals surface area contributed by atoms with Crippen LogP contribution in [0.25, 0.3) is 121 Å². The number of benzene rings is 9. The van der Waals surface area contributed by atoms with Crippen LogP contribution in [0.5, 0.6) is 0 Å². The van der Waals surface area contributed by atoms with Crippen LogP contribution in [-0.4, -0.2) is 19.1 Å². The van der Waals surface area contributed by atoms with E-state index < -0.39 is 0 Å². The van der Waals surface area contributed by atoms with Gasteiger partial charge in [-0.25, -0.2) is 9.97 Å². The molecule has 9 aromatic carbocycles. The van der Waals surface area contributed by atoms with E-state index in [9.17, 15) is 0 Å². The fourth-order valence-electron chi connectivity index (χ4n) is 9.35. The van der Waals surface area contributed by atoms with Crippen molar-refractivity contribution in [2.45, 2.75) is 0 Å². The zero-order valence-electron chi connectivity index (χ0n) is 30.5. The number of nitrogens with zero attached hydrogens (tertiary/aromatic N) is 4. The summed E-state index contributed by atoms with van der Waals surface area (Å²) in [6.45, 7) is 0. The van der Waals surface area contributed by atoms with E-state index in [4.69, 9.17) is 14.4 Å². The van der Waals surface area contributed by atoms with Crippen molar-refractivity contribution in [3.05, 3.63) is 182 Å². The molecule has 0 amide bonds. The summed E-state index contributed by atoms with van der Waals surface area (Å²) in [5.41, 5.74) is 9.98. The second-order valence-corrected chi connectivity index (χ2v) is 15.0. The lowest BCUT2D eigenvalue weighted by molar-refractivity contribution is 0.672. The van der Waals surface area contributed by atoms with Crippen molar-refractivity contribution in [3.8, 4) is 22.9 Å². The quantitative estimate of drug-likeness (QED) is 0.182. The Hall–Kier alpha value is -7.76. The third-order valence-electron chi connectivity index (χ3n) is 11.9. The van der Waals surface area contributed by atoms with Gasteiger partial charge in [-0.15, -0.1) is 0 Å². The molecule has 0 bridgehead atoms. The Kier molecular flexibility index (Phi) is 6.10. The maximum Gasteiger partial charge on any atom is 0.235 e. The van der Waals surface area contributed by atoms with Gasteiger partial charge in [-0.05, 0) is 76.1 Å². The first-order valence-electron chi connectivity index (χ1n) is 19.3. The second kappa shape index (κ2) is 11.4. The second-order valence-electron chi connectivity index (χ2n) is 15.0. The van der Waals surface area contributed by atoms with Crippen molar-refractivity contribution >= 4 is 98.0 Å². The average Bonchev–Trinajstić information content (AvgIpc) is 3.92. The number of furan rings is 1. The van der Waals surface area contributed by atoms with Crippen molar-refractivity contribution < 1.29 is 4.42 Å². The summed E-state index contributed by atoms with van der Waals surface area (Å²) in [6, 6.07) is 64.7. The molecule has 0 spiro atoms. The van der Waals surface area contributed by atoms with Gasteiger partial charge in [-0.3, -0.25) is 4.57 Å². The lowest BCUT2D eigenvalue weighted by atomic mass is 10.0. The van der Waals surface area contributed by atoms with Crippen LogP contribution in [0, 0.1) is 0 Å². The standard InChI is InChI=1S/C52H30N4O/c1-2-13-32(14-3-1)50-40-19-8-10-20-42(40)53-52(54-50)56-44-26-22-31-12-6-7-17-36(31)48(44)49-45(56)27-25-39-38-24-23-35(30-47(38)57-51(39)49)55-43-21-11-9-18-37(43)41-28-33-15-4-5-16-34(33)29-46(41)55/h1-30H. The topological polar surface area (TPSA) is 48.8 Å². The molecular formula is C52H30N4O. The van der Waals surface area contributed by atoms with Crippen molar-refractivity contribution in [1.29, 1.82) is 0 Å². The first-order valence-corrected chi connectivity index (χ1v) is 19.3. The van der Waals surface area contributed by atoms with Crippen LogP contribution in [0.1, 0.15) is 0 Å². The molecule has 0 saturated heterocycles. The monoisotopic (exact) mass is 726 g/mol. The Balaban J connectivity index is 1.11. The summed E-state index contributed by atoms with van der Waals surface area (Å²) in [5, 5.41) is 12.6. The molecule has 5 heteroatoms. The molecule has 0 fully saturated rings. The van der Waals surface area contributed by atoms with Crippen LogP contribution in [0.4, 0.5) is 0 Å². The first kappa shape index (κ1) is 30.6. The number of hydrogen-bond donors (Lipinski definition) is 0. The van der Waals surface area contributed by atoms with Gasteiger partial charge in [0.15, 0.2) is 0 Å². The highest BCUT2D eigenvalue weighted by atomic mass is 16.3. The normalized spacial score (nSPS) is 12.2. The van der Waals surface area contributed by atoms with Crippen molar-refractivity contribution in [3.63, 3.8) is 0 Å². The minimum atomic E-state index is 0.625. The van der Waals surface area contributed by atoms with Crippen molar-refractivity contribution in [2.24, 2.45) is 0 Å². The molecule has 0 N–H and O–H groups in total. The summed E-state index contributed by atoms with van der Waals surface area (Å²) < 4.78 is 11.7.